The zero-order valence-corrected chi connectivity index (χ0v) is 17.8. The number of nitrogens with one attached hydrogen (secondary N) is 1. The van der Waals surface area contributed by atoms with Crippen molar-refractivity contribution in [2.24, 2.45) is 0 Å². The molecular formula is C22H30N6O2. The van der Waals surface area contributed by atoms with Crippen LogP contribution in [-0.4, -0.2) is 77.4 Å². The molecule has 0 unspecified atom stereocenters. The first-order valence-corrected chi connectivity index (χ1v) is 10.4. The molecule has 1 aliphatic rings. The second-order valence-electron chi connectivity index (χ2n) is 7.49. The number of carbonyl (C=O) groups is 2. The maximum atomic E-state index is 12.8. The molecule has 1 aromatic carbocycles. The average molecular weight is 411 g/mol. The Bertz CT molecular complexity index is 837. The summed E-state index contributed by atoms with van der Waals surface area (Å²) in [5.41, 5.74) is 1.83. The molecule has 2 heterocycles. The van der Waals surface area contributed by atoms with Crippen molar-refractivity contribution in [3.05, 3.63) is 48.3 Å². The number of anilines is 2. The molecule has 0 atom stereocenters. The Morgan fingerprint density at radius 1 is 1.03 bits per heavy atom. The number of aryl methyl sites for hydroxylation is 1. The molecule has 30 heavy (non-hydrogen) atoms. The minimum Gasteiger partial charge on any atom is -0.338 e. The lowest BCUT2D eigenvalue weighted by Gasteiger charge is -2.35. The maximum Gasteiger partial charge on any atom is 0.238 e. The number of hydrogen-bond acceptors (Lipinski definition) is 6. The first-order valence-electron chi connectivity index (χ1n) is 10.4. The molecule has 1 aliphatic heterocycles. The molecule has 0 spiro atoms. The van der Waals surface area contributed by atoms with Crippen LogP contribution in [0.3, 0.4) is 0 Å². The molecule has 8 nitrogen and oxygen atoms in total. The van der Waals surface area contributed by atoms with E-state index in [-0.39, 0.29) is 24.9 Å². The summed E-state index contributed by atoms with van der Waals surface area (Å²) in [6.07, 6.45) is 4.33. The highest BCUT2D eigenvalue weighted by Crippen LogP contribution is 2.13. The molecule has 0 saturated carbocycles. The van der Waals surface area contributed by atoms with E-state index >= 15 is 0 Å². The third-order valence-electron chi connectivity index (χ3n) is 5.15. The summed E-state index contributed by atoms with van der Waals surface area (Å²) in [5, 5.41) is 2.95. The fraction of sp³-hybridized carbons (Fsp3) is 0.455. The molecule has 0 bridgehead atoms. The molecule has 0 aliphatic carbocycles. The standard InChI is InChI=1S/C22H30N6O2/c1-3-11-26(16-20(29)25-19-8-5-4-7-18(19)2)17-21(30)27-12-14-28(15-13-27)22-23-9-6-10-24-22/h4-10H,3,11-17H2,1-2H3,(H,25,29). The molecule has 3 rings (SSSR count). The fourth-order valence-corrected chi connectivity index (χ4v) is 3.54. The van der Waals surface area contributed by atoms with Crippen LogP contribution in [-0.2, 0) is 9.59 Å². The highest BCUT2D eigenvalue weighted by atomic mass is 16.2. The highest BCUT2D eigenvalue weighted by molar-refractivity contribution is 5.93. The topological polar surface area (TPSA) is 81.7 Å². The smallest absolute Gasteiger partial charge is 0.238 e. The lowest BCUT2D eigenvalue weighted by molar-refractivity contribution is -0.133. The van der Waals surface area contributed by atoms with Crippen LogP contribution in [0.25, 0.3) is 0 Å². The number of nitrogens with zero attached hydrogens (tertiary/aromatic N) is 5. The first-order chi connectivity index (χ1) is 14.6. The van der Waals surface area contributed by atoms with Gasteiger partial charge in [-0.3, -0.25) is 14.5 Å². The number of hydrogen-bond donors (Lipinski definition) is 1. The SMILES string of the molecule is CCCN(CC(=O)Nc1ccccc1C)CC(=O)N1CCN(c2ncccn2)CC1. The number of aromatic nitrogens is 2. The maximum absolute atomic E-state index is 12.8. The van der Waals surface area contributed by atoms with Gasteiger partial charge >= 0.3 is 0 Å². The van der Waals surface area contributed by atoms with E-state index < -0.39 is 0 Å². The van der Waals surface area contributed by atoms with Crippen LogP contribution in [0.1, 0.15) is 18.9 Å². The predicted molar refractivity (Wildman–Crippen MR) is 117 cm³/mol. The van der Waals surface area contributed by atoms with Gasteiger partial charge in [0.25, 0.3) is 0 Å². The molecule has 1 saturated heterocycles. The van der Waals surface area contributed by atoms with Crippen molar-refractivity contribution < 1.29 is 9.59 Å². The van der Waals surface area contributed by atoms with E-state index in [2.05, 4.69) is 27.1 Å². The predicted octanol–water partition coefficient (Wildman–Crippen LogP) is 1.78. The van der Waals surface area contributed by atoms with Crippen LogP contribution >= 0.6 is 0 Å². The van der Waals surface area contributed by atoms with Gasteiger partial charge in [-0.05, 0) is 37.6 Å². The summed E-state index contributed by atoms with van der Waals surface area (Å²) in [4.78, 5) is 39.8. The van der Waals surface area contributed by atoms with Crippen molar-refractivity contribution in [3.63, 3.8) is 0 Å². The summed E-state index contributed by atoms with van der Waals surface area (Å²) < 4.78 is 0. The van der Waals surface area contributed by atoms with Crippen molar-refractivity contribution in [1.82, 2.24) is 19.8 Å². The quantitative estimate of drug-likeness (QED) is 0.715. The summed E-state index contributed by atoms with van der Waals surface area (Å²) in [6.45, 7) is 7.83. The third-order valence-corrected chi connectivity index (χ3v) is 5.15. The van der Waals surface area contributed by atoms with Crippen LogP contribution in [0.5, 0.6) is 0 Å². The Kier molecular flexibility index (Phi) is 7.73. The van der Waals surface area contributed by atoms with Crippen molar-refractivity contribution >= 4 is 23.5 Å². The Balaban J connectivity index is 1.50. The molecule has 8 heteroatoms. The number of piperazine rings is 1. The second-order valence-corrected chi connectivity index (χ2v) is 7.49. The Morgan fingerprint density at radius 2 is 1.73 bits per heavy atom. The number of rotatable bonds is 8. The van der Waals surface area contributed by atoms with Gasteiger partial charge in [0.05, 0.1) is 13.1 Å². The van der Waals surface area contributed by atoms with E-state index in [1.807, 2.05) is 41.0 Å². The van der Waals surface area contributed by atoms with Crippen molar-refractivity contribution in [2.45, 2.75) is 20.3 Å². The van der Waals surface area contributed by atoms with Crippen molar-refractivity contribution in [3.8, 4) is 0 Å². The average Bonchev–Trinajstić information content (AvgIpc) is 2.76. The zero-order valence-electron chi connectivity index (χ0n) is 17.8. The number of amides is 2. The normalized spacial score (nSPS) is 14.1. The van der Waals surface area contributed by atoms with Crippen LogP contribution in [0.4, 0.5) is 11.6 Å². The summed E-state index contributed by atoms with van der Waals surface area (Å²) >= 11 is 0. The molecule has 2 amide bonds. The van der Waals surface area contributed by atoms with Crippen LogP contribution < -0.4 is 10.2 Å². The molecule has 1 aromatic heterocycles. The van der Waals surface area contributed by atoms with Crippen LogP contribution in [0, 0.1) is 6.92 Å². The summed E-state index contributed by atoms with van der Waals surface area (Å²) in [5.74, 6) is 0.655. The van der Waals surface area contributed by atoms with Gasteiger partial charge in [0.2, 0.25) is 17.8 Å². The Labute approximate surface area is 177 Å². The van der Waals surface area contributed by atoms with E-state index in [1.165, 1.54) is 0 Å². The van der Waals surface area contributed by atoms with Gasteiger partial charge in [-0.2, -0.15) is 0 Å². The van der Waals surface area contributed by atoms with Gasteiger partial charge in [-0.1, -0.05) is 25.1 Å². The van der Waals surface area contributed by atoms with Gasteiger partial charge in [-0.15, -0.1) is 0 Å². The monoisotopic (exact) mass is 410 g/mol. The highest BCUT2D eigenvalue weighted by Gasteiger charge is 2.24. The van der Waals surface area contributed by atoms with Gasteiger partial charge in [0, 0.05) is 44.3 Å². The number of para-hydroxylation sites is 1. The minimum absolute atomic E-state index is 0.0563. The van der Waals surface area contributed by atoms with E-state index in [4.69, 9.17) is 0 Å². The summed E-state index contributed by atoms with van der Waals surface area (Å²) in [6, 6.07) is 9.48. The van der Waals surface area contributed by atoms with E-state index in [9.17, 15) is 9.59 Å². The second kappa shape index (κ2) is 10.7. The van der Waals surface area contributed by atoms with Gasteiger partial charge in [0.1, 0.15) is 0 Å². The van der Waals surface area contributed by atoms with Gasteiger partial charge < -0.3 is 15.1 Å². The van der Waals surface area contributed by atoms with Crippen LogP contribution in [0.15, 0.2) is 42.7 Å². The molecule has 2 aromatic rings. The molecular weight excluding hydrogens is 380 g/mol. The van der Waals surface area contributed by atoms with E-state index in [1.54, 1.807) is 18.5 Å². The molecule has 1 N–H and O–H groups in total. The Morgan fingerprint density at radius 3 is 2.40 bits per heavy atom. The van der Waals surface area contributed by atoms with Gasteiger partial charge in [-0.25, -0.2) is 9.97 Å². The zero-order chi connectivity index (χ0) is 21.3. The summed E-state index contributed by atoms with van der Waals surface area (Å²) in [7, 11) is 0. The molecule has 160 valence electrons. The van der Waals surface area contributed by atoms with Crippen molar-refractivity contribution in [2.75, 3.05) is 56.0 Å². The fourth-order valence-electron chi connectivity index (χ4n) is 3.54. The Hall–Kier alpha value is -3.00. The van der Waals surface area contributed by atoms with E-state index in [0.717, 1.165) is 17.7 Å². The van der Waals surface area contributed by atoms with E-state index in [0.29, 0.717) is 38.7 Å². The minimum atomic E-state index is -0.100. The number of carbonyl (C=O) groups excluding carboxylic acids is 2. The molecule has 0 radical (unpaired) electrons. The van der Waals surface area contributed by atoms with Gasteiger partial charge in [0.15, 0.2) is 0 Å². The van der Waals surface area contributed by atoms with Crippen molar-refractivity contribution in [1.29, 1.82) is 0 Å². The lowest BCUT2D eigenvalue weighted by Crippen LogP contribution is -2.52. The first kappa shape index (κ1) is 21.7. The largest absolute Gasteiger partial charge is 0.338 e. The third kappa shape index (κ3) is 6.00. The lowest BCUT2D eigenvalue weighted by atomic mass is 10.2. The van der Waals surface area contributed by atoms with Crippen LogP contribution in [0.2, 0.25) is 0 Å². The number of benzene rings is 1. The molecule has 1 fully saturated rings.